The zero-order chi connectivity index (χ0) is 26.1. The summed E-state index contributed by atoms with van der Waals surface area (Å²) in [7, 11) is 0. The number of likely N-dealkylation sites (tertiary alicyclic amines) is 1. The second-order valence-electron chi connectivity index (χ2n) is 9.47. The average Bonchev–Trinajstić information content (AvgIpc) is 3.32. The molecule has 2 aromatic rings. The van der Waals surface area contributed by atoms with E-state index in [1.54, 1.807) is 23.2 Å². The van der Waals surface area contributed by atoms with Gasteiger partial charge in [0.15, 0.2) is 6.17 Å². The van der Waals surface area contributed by atoms with Gasteiger partial charge in [0.05, 0.1) is 22.8 Å². The Morgan fingerprint density at radius 3 is 2.81 bits per heavy atom. The lowest BCUT2D eigenvalue weighted by atomic mass is 10.1. The van der Waals surface area contributed by atoms with Gasteiger partial charge in [-0.3, -0.25) is 14.6 Å². The van der Waals surface area contributed by atoms with Crippen LogP contribution in [0.3, 0.4) is 0 Å². The van der Waals surface area contributed by atoms with Crippen LogP contribution in [0.25, 0.3) is 0 Å². The van der Waals surface area contributed by atoms with Crippen molar-refractivity contribution in [1.29, 1.82) is 0 Å². The smallest absolute Gasteiger partial charge is 0.255 e. The van der Waals surface area contributed by atoms with E-state index >= 15 is 0 Å². The van der Waals surface area contributed by atoms with Gasteiger partial charge < -0.3 is 26.2 Å². The van der Waals surface area contributed by atoms with Gasteiger partial charge in [0.2, 0.25) is 0 Å². The number of anilines is 1. The summed E-state index contributed by atoms with van der Waals surface area (Å²) in [6, 6.07) is 12.3. The minimum Gasteiger partial charge on any atom is -0.362 e. The van der Waals surface area contributed by atoms with Crippen LogP contribution in [0.2, 0.25) is 5.02 Å². The first-order valence-electron chi connectivity index (χ1n) is 12.4. The first-order chi connectivity index (χ1) is 17.8. The van der Waals surface area contributed by atoms with E-state index in [1.165, 1.54) is 6.07 Å². The highest BCUT2D eigenvalue weighted by Gasteiger charge is 2.30. The van der Waals surface area contributed by atoms with E-state index in [9.17, 15) is 9.59 Å². The van der Waals surface area contributed by atoms with Gasteiger partial charge in [0.1, 0.15) is 11.5 Å². The maximum absolute atomic E-state index is 12.9. The monoisotopic (exact) mass is 519 g/mol. The van der Waals surface area contributed by atoms with Crippen LogP contribution in [0, 0.1) is 0 Å². The molecule has 1 fully saturated rings. The molecule has 2 unspecified atom stereocenters. The fourth-order valence-corrected chi connectivity index (χ4v) is 4.90. The van der Waals surface area contributed by atoms with Crippen molar-refractivity contribution in [2.75, 3.05) is 25.0 Å². The second-order valence-corrected chi connectivity index (χ2v) is 9.88. The number of nitrogens with one attached hydrogen (secondary N) is 2. The van der Waals surface area contributed by atoms with E-state index in [4.69, 9.17) is 22.3 Å². The molecule has 192 valence electrons. The molecule has 3 aliphatic heterocycles. The molecule has 1 saturated heterocycles. The summed E-state index contributed by atoms with van der Waals surface area (Å²) >= 11 is 6.39. The van der Waals surface area contributed by atoms with Crippen molar-refractivity contribution in [3.63, 3.8) is 0 Å². The molecule has 2 aromatic carbocycles. The van der Waals surface area contributed by atoms with E-state index < -0.39 is 0 Å². The topological polar surface area (TPSA) is 115 Å². The van der Waals surface area contributed by atoms with Crippen LogP contribution >= 0.6 is 11.6 Å². The molecule has 3 heterocycles. The minimum atomic E-state index is -0.311. The Morgan fingerprint density at radius 2 is 2.08 bits per heavy atom. The Balaban J connectivity index is 1.23. The maximum Gasteiger partial charge on any atom is 0.255 e. The van der Waals surface area contributed by atoms with Crippen molar-refractivity contribution in [1.82, 2.24) is 15.1 Å². The molecule has 0 spiro atoms. The van der Waals surface area contributed by atoms with Crippen LogP contribution in [0.4, 0.5) is 5.69 Å². The summed E-state index contributed by atoms with van der Waals surface area (Å²) in [5.41, 5.74) is 9.27. The number of nitrogens with two attached hydrogens (primary N) is 1. The molecule has 5 rings (SSSR count). The predicted octanol–water partition coefficient (Wildman–Crippen LogP) is 3.40. The van der Waals surface area contributed by atoms with Gasteiger partial charge in [-0.05, 0) is 56.2 Å². The van der Waals surface area contributed by atoms with Crippen molar-refractivity contribution in [3.8, 4) is 0 Å². The highest BCUT2D eigenvalue weighted by atomic mass is 35.5. The standard InChI is InChI=1S/C27H30ClN7O2/c1-3-34-15-23-25(34)33-24(13-30-23)31-16(2)17-5-4-6-20(11-17)32-26(36)18-7-8-21(22(28)12-18)27(37)35-10-9-19(29)14-35/h4-8,11-13,15-16,19,25H,3,9-10,14,29H2,1-2H3,(H,31,33)(H,32,36)/t16?,19-,25?/m1/s1. The van der Waals surface area contributed by atoms with Crippen molar-refractivity contribution >= 4 is 41.2 Å². The van der Waals surface area contributed by atoms with Crippen molar-refractivity contribution in [2.45, 2.75) is 38.5 Å². The molecule has 37 heavy (non-hydrogen) atoms. The molecule has 0 radical (unpaired) electrons. The number of aliphatic imine (C=N–C) groups is 2. The zero-order valence-electron chi connectivity index (χ0n) is 20.8. The molecule has 0 aromatic heterocycles. The first kappa shape index (κ1) is 25.0. The fraction of sp³-hybridized carbons (Fsp3) is 0.333. The van der Waals surface area contributed by atoms with Crippen LogP contribution < -0.4 is 16.4 Å². The van der Waals surface area contributed by atoms with Gasteiger partial charge >= 0.3 is 0 Å². The number of rotatable bonds is 6. The first-order valence-corrected chi connectivity index (χ1v) is 12.8. The summed E-state index contributed by atoms with van der Waals surface area (Å²) < 4.78 is 0. The lowest BCUT2D eigenvalue weighted by Gasteiger charge is -2.37. The zero-order valence-corrected chi connectivity index (χ0v) is 21.6. The number of carbonyl (C=O) groups is 2. The predicted molar refractivity (Wildman–Crippen MR) is 146 cm³/mol. The molecule has 10 heteroatoms. The van der Waals surface area contributed by atoms with Crippen LogP contribution in [0.1, 0.15) is 52.6 Å². The van der Waals surface area contributed by atoms with Crippen molar-refractivity contribution in [3.05, 3.63) is 76.1 Å². The van der Waals surface area contributed by atoms with E-state index in [0.717, 1.165) is 30.1 Å². The Kier molecular flexibility index (Phi) is 6.99. The molecular formula is C27H30ClN7O2. The lowest BCUT2D eigenvalue weighted by molar-refractivity contribution is 0.0790. The third-order valence-electron chi connectivity index (χ3n) is 6.82. The molecule has 0 saturated carbocycles. The normalized spacial score (nSPS) is 21.0. The number of amidine groups is 1. The molecule has 3 aliphatic rings. The van der Waals surface area contributed by atoms with Gasteiger partial charge in [0, 0.05) is 43.1 Å². The summed E-state index contributed by atoms with van der Waals surface area (Å²) in [6.45, 7) is 6.12. The van der Waals surface area contributed by atoms with E-state index in [0.29, 0.717) is 29.9 Å². The Bertz CT molecular complexity index is 1320. The Hall–Kier alpha value is -3.69. The highest BCUT2D eigenvalue weighted by Crippen LogP contribution is 2.27. The Labute approximate surface area is 221 Å². The number of nitrogens with zero attached hydrogens (tertiary/aromatic N) is 4. The van der Waals surface area contributed by atoms with Gasteiger partial charge in [-0.15, -0.1) is 0 Å². The average molecular weight is 520 g/mol. The van der Waals surface area contributed by atoms with E-state index in [1.807, 2.05) is 37.4 Å². The van der Waals surface area contributed by atoms with Gasteiger partial charge in [0.25, 0.3) is 11.8 Å². The van der Waals surface area contributed by atoms with Crippen LogP contribution in [-0.2, 0) is 0 Å². The van der Waals surface area contributed by atoms with Gasteiger partial charge in [-0.25, -0.2) is 4.99 Å². The Morgan fingerprint density at radius 1 is 1.24 bits per heavy atom. The third kappa shape index (κ3) is 5.23. The highest BCUT2D eigenvalue weighted by molar-refractivity contribution is 6.34. The number of likely N-dealkylation sites (N-methyl/N-ethyl adjacent to an activating group) is 1. The number of benzene rings is 2. The number of hydrogen-bond acceptors (Lipinski definition) is 7. The largest absolute Gasteiger partial charge is 0.362 e. The number of halogens is 1. The summed E-state index contributed by atoms with van der Waals surface area (Å²) in [5.74, 6) is 0.246. The minimum absolute atomic E-state index is 0.00979. The van der Waals surface area contributed by atoms with Gasteiger partial charge in [-0.2, -0.15) is 0 Å². The molecule has 0 bridgehead atoms. The van der Waals surface area contributed by atoms with E-state index in [2.05, 4.69) is 27.4 Å². The summed E-state index contributed by atoms with van der Waals surface area (Å²) in [6.07, 6.45) is 4.51. The molecule has 0 aliphatic carbocycles. The van der Waals surface area contributed by atoms with Crippen molar-refractivity contribution in [2.24, 2.45) is 15.7 Å². The number of amides is 2. The number of hydrogen-bond donors (Lipinski definition) is 3. The van der Waals surface area contributed by atoms with Crippen molar-refractivity contribution < 1.29 is 9.59 Å². The molecule has 4 N–H and O–H groups in total. The molecular weight excluding hydrogens is 490 g/mol. The van der Waals surface area contributed by atoms with Crippen LogP contribution in [-0.4, -0.2) is 65.5 Å². The maximum atomic E-state index is 12.9. The number of carbonyl (C=O) groups excluding carboxylic acids is 2. The second kappa shape index (κ2) is 10.4. The van der Waals surface area contributed by atoms with Gasteiger partial charge in [-0.1, -0.05) is 23.7 Å². The molecule has 2 amide bonds. The summed E-state index contributed by atoms with van der Waals surface area (Å²) in [5, 5.41) is 6.56. The lowest BCUT2D eigenvalue weighted by Crippen LogP contribution is -2.44. The van der Waals surface area contributed by atoms with Crippen LogP contribution in [0.5, 0.6) is 0 Å². The number of fused-ring (bicyclic) bond motifs is 1. The third-order valence-corrected chi connectivity index (χ3v) is 7.13. The SMILES string of the molecule is CCN1C=C2N=CC(NC(C)c3cccc(NC(=O)c4ccc(C(=O)N5CC[C@@H](N)C5)c(Cl)c4)c3)=NC21. The van der Waals surface area contributed by atoms with Crippen LogP contribution in [0.15, 0.2) is 64.3 Å². The fourth-order valence-electron chi connectivity index (χ4n) is 4.64. The summed E-state index contributed by atoms with van der Waals surface area (Å²) in [4.78, 5) is 38.7. The quantitative estimate of drug-likeness (QED) is 0.541. The molecule has 9 nitrogen and oxygen atoms in total. The van der Waals surface area contributed by atoms with E-state index in [-0.39, 0.29) is 35.1 Å². The molecule has 3 atom stereocenters.